The summed E-state index contributed by atoms with van der Waals surface area (Å²) in [5, 5.41) is 9.80. The number of hydrogen-bond acceptors (Lipinski definition) is 2. The first-order valence-corrected chi connectivity index (χ1v) is 5.42. The minimum atomic E-state index is -0.510. The predicted molar refractivity (Wildman–Crippen MR) is 61.8 cm³/mol. The van der Waals surface area contributed by atoms with Crippen LogP contribution in [0.25, 0.3) is 0 Å². The molecule has 0 fully saturated rings. The summed E-state index contributed by atoms with van der Waals surface area (Å²) < 4.78 is 5.39. The minimum absolute atomic E-state index is 0.376. The van der Waals surface area contributed by atoms with Crippen molar-refractivity contribution in [2.75, 3.05) is 13.2 Å². The average Bonchev–Trinajstić information content (AvgIpc) is 2.18. The maximum absolute atomic E-state index is 9.80. The predicted octanol–water partition coefficient (Wildman–Crippen LogP) is 2.70. The SMILES string of the molecule is Cc1ccc(C(O)COCC(C)C)cc1. The molecule has 0 aliphatic rings. The second-order valence-electron chi connectivity index (χ2n) is 4.36. The van der Waals surface area contributed by atoms with Crippen molar-refractivity contribution in [1.82, 2.24) is 0 Å². The fourth-order valence-corrected chi connectivity index (χ4v) is 1.30. The molecular weight excluding hydrogens is 188 g/mol. The summed E-state index contributed by atoms with van der Waals surface area (Å²) in [6.07, 6.45) is -0.510. The fourth-order valence-electron chi connectivity index (χ4n) is 1.30. The summed E-state index contributed by atoms with van der Waals surface area (Å²) in [4.78, 5) is 0. The lowest BCUT2D eigenvalue weighted by Gasteiger charge is -2.13. The van der Waals surface area contributed by atoms with Gasteiger partial charge in [-0.25, -0.2) is 0 Å². The van der Waals surface area contributed by atoms with E-state index in [1.165, 1.54) is 5.56 Å². The molecule has 1 unspecified atom stereocenters. The van der Waals surface area contributed by atoms with Crippen molar-refractivity contribution in [1.29, 1.82) is 0 Å². The third-order valence-corrected chi connectivity index (χ3v) is 2.19. The van der Waals surface area contributed by atoms with Gasteiger partial charge >= 0.3 is 0 Å². The van der Waals surface area contributed by atoms with Gasteiger partial charge in [0.15, 0.2) is 0 Å². The molecule has 1 atom stereocenters. The fraction of sp³-hybridized carbons (Fsp3) is 0.538. The highest BCUT2D eigenvalue weighted by Crippen LogP contribution is 2.14. The maximum Gasteiger partial charge on any atom is 0.102 e. The van der Waals surface area contributed by atoms with Crippen LogP contribution in [0.3, 0.4) is 0 Å². The molecule has 0 aromatic heterocycles. The molecule has 0 bridgehead atoms. The van der Waals surface area contributed by atoms with Crippen molar-refractivity contribution in [3.63, 3.8) is 0 Å². The van der Waals surface area contributed by atoms with Crippen LogP contribution in [0.1, 0.15) is 31.1 Å². The Labute approximate surface area is 91.9 Å². The second kappa shape index (κ2) is 5.89. The molecule has 1 rings (SSSR count). The van der Waals surface area contributed by atoms with Gasteiger partial charge in [0.25, 0.3) is 0 Å². The molecule has 1 aromatic carbocycles. The van der Waals surface area contributed by atoms with Gasteiger partial charge < -0.3 is 9.84 Å². The van der Waals surface area contributed by atoms with Crippen molar-refractivity contribution in [3.8, 4) is 0 Å². The third-order valence-electron chi connectivity index (χ3n) is 2.19. The van der Waals surface area contributed by atoms with Gasteiger partial charge in [0.2, 0.25) is 0 Å². The van der Waals surface area contributed by atoms with Crippen molar-refractivity contribution in [2.45, 2.75) is 26.9 Å². The van der Waals surface area contributed by atoms with Gasteiger partial charge in [0.1, 0.15) is 6.10 Å². The molecule has 2 heteroatoms. The smallest absolute Gasteiger partial charge is 0.102 e. The maximum atomic E-state index is 9.80. The van der Waals surface area contributed by atoms with Crippen molar-refractivity contribution in [3.05, 3.63) is 35.4 Å². The molecule has 0 saturated carbocycles. The van der Waals surface area contributed by atoms with Gasteiger partial charge in [0.05, 0.1) is 6.61 Å². The van der Waals surface area contributed by atoms with E-state index in [0.29, 0.717) is 19.1 Å². The van der Waals surface area contributed by atoms with Crippen LogP contribution in [0.2, 0.25) is 0 Å². The number of aliphatic hydroxyl groups is 1. The Hall–Kier alpha value is -0.860. The van der Waals surface area contributed by atoms with E-state index in [1.54, 1.807) is 0 Å². The minimum Gasteiger partial charge on any atom is -0.386 e. The highest BCUT2D eigenvalue weighted by Gasteiger charge is 2.07. The summed E-state index contributed by atoms with van der Waals surface area (Å²) in [5.41, 5.74) is 2.12. The summed E-state index contributed by atoms with van der Waals surface area (Å²) in [7, 11) is 0. The van der Waals surface area contributed by atoms with Crippen LogP contribution >= 0.6 is 0 Å². The van der Waals surface area contributed by atoms with E-state index < -0.39 is 6.10 Å². The van der Waals surface area contributed by atoms with Crippen LogP contribution in [-0.2, 0) is 4.74 Å². The molecule has 0 radical (unpaired) electrons. The van der Waals surface area contributed by atoms with E-state index >= 15 is 0 Å². The van der Waals surface area contributed by atoms with Crippen LogP contribution in [-0.4, -0.2) is 18.3 Å². The standard InChI is InChI=1S/C13H20O2/c1-10(2)8-15-9-13(14)12-6-4-11(3)5-7-12/h4-7,10,13-14H,8-9H2,1-3H3. The molecule has 0 spiro atoms. The van der Waals surface area contributed by atoms with Crippen molar-refractivity contribution < 1.29 is 9.84 Å². The molecule has 0 amide bonds. The Morgan fingerprint density at radius 2 is 1.73 bits per heavy atom. The van der Waals surface area contributed by atoms with E-state index in [2.05, 4.69) is 13.8 Å². The van der Waals surface area contributed by atoms with Crippen LogP contribution in [0.15, 0.2) is 24.3 Å². The average molecular weight is 208 g/mol. The van der Waals surface area contributed by atoms with Crippen LogP contribution < -0.4 is 0 Å². The molecular formula is C13H20O2. The molecule has 2 nitrogen and oxygen atoms in total. The second-order valence-corrected chi connectivity index (χ2v) is 4.36. The van der Waals surface area contributed by atoms with Crippen LogP contribution in [0, 0.1) is 12.8 Å². The highest BCUT2D eigenvalue weighted by atomic mass is 16.5. The van der Waals surface area contributed by atoms with Crippen molar-refractivity contribution in [2.24, 2.45) is 5.92 Å². The van der Waals surface area contributed by atoms with Gasteiger partial charge in [-0.05, 0) is 18.4 Å². The number of rotatable bonds is 5. The molecule has 0 aliphatic carbocycles. The zero-order chi connectivity index (χ0) is 11.3. The van der Waals surface area contributed by atoms with Crippen LogP contribution in [0.4, 0.5) is 0 Å². The van der Waals surface area contributed by atoms with E-state index in [1.807, 2.05) is 31.2 Å². The van der Waals surface area contributed by atoms with E-state index in [-0.39, 0.29) is 0 Å². The lowest BCUT2D eigenvalue weighted by molar-refractivity contribution is 0.0250. The number of hydrogen-bond donors (Lipinski definition) is 1. The zero-order valence-electron chi connectivity index (χ0n) is 9.73. The summed E-state index contributed by atoms with van der Waals surface area (Å²) in [5.74, 6) is 0.509. The van der Waals surface area contributed by atoms with Gasteiger partial charge in [-0.2, -0.15) is 0 Å². The molecule has 1 aromatic rings. The monoisotopic (exact) mass is 208 g/mol. The highest BCUT2D eigenvalue weighted by molar-refractivity contribution is 5.23. The topological polar surface area (TPSA) is 29.5 Å². The van der Waals surface area contributed by atoms with Gasteiger partial charge in [-0.15, -0.1) is 0 Å². The van der Waals surface area contributed by atoms with Gasteiger partial charge in [0, 0.05) is 6.61 Å². The number of benzene rings is 1. The Kier molecular flexibility index (Phi) is 4.79. The molecule has 0 heterocycles. The van der Waals surface area contributed by atoms with Gasteiger partial charge in [-0.1, -0.05) is 43.7 Å². The van der Waals surface area contributed by atoms with E-state index in [4.69, 9.17) is 4.74 Å². The molecule has 15 heavy (non-hydrogen) atoms. The number of aryl methyl sites for hydroxylation is 1. The lowest BCUT2D eigenvalue weighted by Crippen LogP contribution is -2.10. The van der Waals surface area contributed by atoms with Crippen molar-refractivity contribution >= 4 is 0 Å². The largest absolute Gasteiger partial charge is 0.386 e. The Balaban J connectivity index is 2.40. The molecule has 84 valence electrons. The summed E-state index contributed by atoms with van der Waals surface area (Å²) >= 11 is 0. The quantitative estimate of drug-likeness (QED) is 0.806. The summed E-state index contributed by atoms with van der Waals surface area (Å²) in [6, 6.07) is 7.89. The number of aliphatic hydroxyl groups excluding tert-OH is 1. The first-order valence-electron chi connectivity index (χ1n) is 5.42. The van der Waals surface area contributed by atoms with Crippen LogP contribution in [0.5, 0.6) is 0 Å². The Morgan fingerprint density at radius 1 is 1.13 bits per heavy atom. The van der Waals surface area contributed by atoms with E-state index in [0.717, 1.165) is 5.56 Å². The van der Waals surface area contributed by atoms with E-state index in [9.17, 15) is 5.11 Å². The first-order chi connectivity index (χ1) is 7.09. The third kappa shape index (κ3) is 4.45. The van der Waals surface area contributed by atoms with Gasteiger partial charge in [-0.3, -0.25) is 0 Å². The first kappa shape index (κ1) is 12.2. The Bertz CT molecular complexity index is 277. The molecule has 1 N–H and O–H groups in total. The molecule has 0 aliphatic heterocycles. The Morgan fingerprint density at radius 3 is 2.27 bits per heavy atom. The molecule has 0 saturated heterocycles. The zero-order valence-corrected chi connectivity index (χ0v) is 9.73. The summed E-state index contributed by atoms with van der Waals surface area (Å²) in [6.45, 7) is 7.30. The lowest BCUT2D eigenvalue weighted by atomic mass is 10.1. The normalized spacial score (nSPS) is 13.1. The number of ether oxygens (including phenoxy) is 1.